The van der Waals surface area contributed by atoms with Crippen LogP contribution in [0.3, 0.4) is 0 Å². The molecule has 0 amide bonds. The highest BCUT2D eigenvalue weighted by molar-refractivity contribution is 4.96. The maximum absolute atomic E-state index is 2.65. The van der Waals surface area contributed by atoms with E-state index in [9.17, 15) is 0 Å². The Labute approximate surface area is 122 Å². The van der Waals surface area contributed by atoms with Crippen LogP contribution in [0, 0.1) is 0 Å². The Kier molecular flexibility index (Phi) is 9.72. The molecule has 2 aliphatic heterocycles. The van der Waals surface area contributed by atoms with Crippen LogP contribution in [-0.2, 0) is 0 Å². The van der Waals surface area contributed by atoms with Gasteiger partial charge >= 0.3 is 0 Å². The van der Waals surface area contributed by atoms with Crippen molar-refractivity contribution in [3.8, 4) is 0 Å². The highest BCUT2D eigenvalue weighted by Crippen LogP contribution is 2.37. The first-order valence-electron chi connectivity index (χ1n) is 8.59. The van der Waals surface area contributed by atoms with E-state index < -0.39 is 0 Å². The maximum atomic E-state index is 2.65. The molecule has 0 aliphatic carbocycles. The molecule has 2 nitrogen and oxygen atoms in total. The molecule has 1 unspecified atom stereocenters. The Bertz CT molecular complexity index is 215. The third-order valence-electron chi connectivity index (χ3n) is 4.63. The number of likely N-dealkylation sites (tertiary alicyclic amines) is 2. The molecule has 2 fully saturated rings. The van der Waals surface area contributed by atoms with Gasteiger partial charge in [-0.1, -0.05) is 27.7 Å². The van der Waals surface area contributed by atoms with Crippen LogP contribution in [0.25, 0.3) is 0 Å². The van der Waals surface area contributed by atoms with Crippen molar-refractivity contribution in [2.75, 3.05) is 26.7 Å². The summed E-state index contributed by atoms with van der Waals surface area (Å²) < 4.78 is 0. The second-order valence-corrected chi connectivity index (χ2v) is 5.73. The molecule has 0 N–H and O–H groups in total. The zero-order valence-corrected chi connectivity index (χ0v) is 14.6. The van der Waals surface area contributed by atoms with Crippen LogP contribution < -0.4 is 0 Å². The van der Waals surface area contributed by atoms with Gasteiger partial charge in [0.1, 0.15) is 0 Å². The van der Waals surface area contributed by atoms with E-state index in [0.29, 0.717) is 5.54 Å². The molecule has 2 saturated heterocycles. The lowest BCUT2D eigenvalue weighted by Gasteiger charge is -2.35. The summed E-state index contributed by atoms with van der Waals surface area (Å²) in [6, 6.07) is 0.729. The van der Waals surface area contributed by atoms with Crippen molar-refractivity contribution in [1.82, 2.24) is 9.80 Å². The molecular weight excluding hydrogens is 232 g/mol. The molecule has 116 valence electrons. The SMILES string of the molecule is CC.CC.CC(C)N1CCCC2(CCCN2C)CC1. The minimum atomic E-state index is 0.573. The molecule has 0 aromatic rings. The minimum Gasteiger partial charge on any atom is -0.301 e. The number of nitrogens with zero attached hydrogens (tertiary/aromatic N) is 2. The Hall–Kier alpha value is -0.0800. The molecule has 2 heterocycles. The summed E-state index contributed by atoms with van der Waals surface area (Å²) >= 11 is 0. The molecule has 0 saturated carbocycles. The first kappa shape index (κ1) is 18.9. The highest BCUT2D eigenvalue weighted by atomic mass is 15.2. The minimum absolute atomic E-state index is 0.573. The summed E-state index contributed by atoms with van der Waals surface area (Å²) in [4.78, 5) is 5.29. The van der Waals surface area contributed by atoms with E-state index in [2.05, 4.69) is 30.7 Å². The average molecular weight is 271 g/mol. The van der Waals surface area contributed by atoms with Crippen molar-refractivity contribution < 1.29 is 0 Å². The van der Waals surface area contributed by atoms with E-state index in [-0.39, 0.29) is 0 Å². The average Bonchev–Trinajstić information content (AvgIpc) is 2.67. The van der Waals surface area contributed by atoms with E-state index in [1.54, 1.807) is 0 Å². The molecule has 2 heteroatoms. The second kappa shape index (κ2) is 9.77. The number of hydrogen-bond acceptors (Lipinski definition) is 2. The standard InChI is InChI=1S/C13H26N2.2C2H6/c1-12(2)15-10-5-7-13(8-11-15)6-4-9-14(13)3;2*1-2/h12H,4-11H2,1-3H3;2*1-2H3. The van der Waals surface area contributed by atoms with E-state index in [4.69, 9.17) is 0 Å². The third kappa shape index (κ3) is 5.07. The van der Waals surface area contributed by atoms with E-state index in [1.807, 2.05) is 27.7 Å². The van der Waals surface area contributed by atoms with Crippen LogP contribution in [0.5, 0.6) is 0 Å². The quantitative estimate of drug-likeness (QED) is 0.697. The Morgan fingerprint density at radius 3 is 1.74 bits per heavy atom. The van der Waals surface area contributed by atoms with Gasteiger partial charge in [-0.3, -0.25) is 0 Å². The normalized spacial score (nSPS) is 28.4. The molecule has 2 aliphatic rings. The van der Waals surface area contributed by atoms with Gasteiger partial charge in [0, 0.05) is 18.1 Å². The van der Waals surface area contributed by atoms with Crippen molar-refractivity contribution in [3.05, 3.63) is 0 Å². The number of rotatable bonds is 1. The van der Waals surface area contributed by atoms with Crippen LogP contribution in [0.15, 0.2) is 0 Å². The van der Waals surface area contributed by atoms with Gasteiger partial charge in [-0.25, -0.2) is 0 Å². The van der Waals surface area contributed by atoms with Gasteiger partial charge in [-0.05, 0) is 66.1 Å². The highest BCUT2D eigenvalue weighted by Gasteiger charge is 2.39. The van der Waals surface area contributed by atoms with Gasteiger partial charge in [0.25, 0.3) is 0 Å². The molecule has 0 bridgehead atoms. The molecule has 0 aromatic heterocycles. The first-order valence-corrected chi connectivity index (χ1v) is 8.59. The van der Waals surface area contributed by atoms with Crippen LogP contribution in [0.1, 0.15) is 73.6 Å². The van der Waals surface area contributed by atoms with Crippen LogP contribution in [-0.4, -0.2) is 48.1 Å². The van der Waals surface area contributed by atoms with E-state index >= 15 is 0 Å². The van der Waals surface area contributed by atoms with Crippen LogP contribution >= 0.6 is 0 Å². The zero-order chi connectivity index (χ0) is 14.9. The van der Waals surface area contributed by atoms with E-state index in [1.165, 1.54) is 51.7 Å². The van der Waals surface area contributed by atoms with Crippen molar-refractivity contribution in [1.29, 1.82) is 0 Å². The van der Waals surface area contributed by atoms with Gasteiger partial charge in [-0.2, -0.15) is 0 Å². The van der Waals surface area contributed by atoms with Crippen molar-refractivity contribution in [2.24, 2.45) is 0 Å². The van der Waals surface area contributed by atoms with Gasteiger partial charge in [0.05, 0.1) is 0 Å². The third-order valence-corrected chi connectivity index (χ3v) is 4.63. The first-order chi connectivity index (χ1) is 9.14. The fraction of sp³-hybridized carbons (Fsp3) is 1.00. The molecule has 1 spiro atoms. The Morgan fingerprint density at radius 2 is 1.32 bits per heavy atom. The lowest BCUT2D eigenvalue weighted by Crippen LogP contribution is -2.42. The molecule has 1 atom stereocenters. The lowest BCUT2D eigenvalue weighted by molar-refractivity contribution is 0.144. The summed E-state index contributed by atoms with van der Waals surface area (Å²) in [5.41, 5.74) is 0.573. The maximum Gasteiger partial charge on any atom is 0.0219 e. The second-order valence-electron chi connectivity index (χ2n) is 5.73. The Morgan fingerprint density at radius 1 is 0.789 bits per heavy atom. The fourth-order valence-electron chi connectivity index (χ4n) is 3.42. The van der Waals surface area contributed by atoms with Gasteiger partial charge in [0.15, 0.2) is 0 Å². The monoisotopic (exact) mass is 270 g/mol. The van der Waals surface area contributed by atoms with Gasteiger partial charge in [-0.15, -0.1) is 0 Å². The largest absolute Gasteiger partial charge is 0.301 e. The van der Waals surface area contributed by atoms with Crippen molar-refractivity contribution >= 4 is 0 Å². The fourth-order valence-corrected chi connectivity index (χ4v) is 3.42. The summed E-state index contributed by atoms with van der Waals surface area (Å²) in [6.07, 6.45) is 7.06. The Balaban J connectivity index is 0.000000741. The lowest BCUT2D eigenvalue weighted by atomic mass is 9.88. The van der Waals surface area contributed by atoms with Gasteiger partial charge < -0.3 is 9.80 Å². The van der Waals surface area contributed by atoms with Gasteiger partial charge in [0.2, 0.25) is 0 Å². The van der Waals surface area contributed by atoms with Crippen molar-refractivity contribution in [3.63, 3.8) is 0 Å². The smallest absolute Gasteiger partial charge is 0.0219 e. The number of hydrogen-bond donors (Lipinski definition) is 0. The van der Waals surface area contributed by atoms with Crippen LogP contribution in [0.2, 0.25) is 0 Å². The zero-order valence-electron chi connectivity index (χ0n) is 14.6. The summed E-state index contributed by atoms with van der Waals surface area (Å²) in [7, 11) is 2.33. The van der Waals surface area contributed by atoms with E-state index in [0.717, 1.165) is 6.04 Å². The topological polar surface area (TPSA) is 6.48 Å². The summed E-state index contributed by atoms with van der Waals surface area (Å²) in [5.74, 6) is 0. The molecule has 19 heavy (non-hydrogen) atoms. The van der Waals surface area contributed by atoms with Crippen molar-refractivity contribution in [2.45, 2.75) is 85.2 Å². The predicted octanol–water partition coefficient (Wildman–Crippen LogP) is 4.40. The summed E-state index contributed by atoms with van der Waals surface area (Å²) in [5, 5.41) is 0. The summed E-state index contributed by atoms with van der Waals surface area (Å²) in [6.45, 7) is 16.6. The molecule has 2 rings (SSSR count). The molecular formula is C17H38N2. The molecule has 0 radical (unpaired) electrons. The predicted molar refractivity (Wildman–Crippen MR) is 87.9 cm³/mol. The molecule has 0 aromatic carbocycles. The van der Waals surface area contributed by atoms with Crippen LogP contribution in [0.4, 0.5) is 0 Å².